The van der Waals surface area contributed by atoms with E-state index in [2.05, 4.69) is 0 Å². The summed E-state index contributed by atoms with van der Waals surface area (Å²) in [4.78, 5) is 38.9. The first-order valence-electron chi connectivity index (χ1n) is 7.34. The molecule has 0 spiro atoms. The number of carbonyl (C=O) groups is 3. The van der Waals surface area contributed by atoms with Gasteiger partial charge < -0.3 is 4.90 Å². The van der Waals surface area contributed by atoms with Crippen molar-refractivity contribution < 1.29 is 14.4 Å². The second kappa shape index (κ2) is 6.56. The summed E-state index contributed by atoms with van der Waals surface area (Å²) in [6, 6.07) is 4.94. The molecule has 5 heteroatoms. The summed E-state index contributed by atoms with van der Waals surface area (Å²) in [7, 11) is 3.62. The van der Waals surface area contributed by atoms with Crippen LogP contribution in [0.2, 0.25) is 0 Å². The molecule has 0 aromatic heterocycles. The molecule has 0 unspecified atom stereocenters. The number of nitrogens with zero attached hydrogens (tertiary/aromatic N) is 2. The zero-order valence-corrected chi connectivity index (χ0v) is 13.1. The minimum Gasteiger partial charge on any atom is -0.383 e. The largest absolute Gasteiger partial charge is 0.383 e. The molecular formula is C17H20N2O3. The normalized spacial score (nSPS) is 15.1. The van der Waals surface area contributed by atoms with Crippen LogP contribution >= 0.6 is 0 Å². The molecular weight excluding hydrogens is 280 g/mol. The van der Waals surface area contributed by atoms with Gasteiger partial charge in [-0.25, -0.2) is 4.90 Å². The number of amides is 2. The first-order valence-corrected chi connectivity index (χ1v) is 7.34. The molecule has 0 bridgehead atoms. The van der Waals surface area contributed by atoms with Crippen molar-refractivity contribution >= 4 is 29.4 Å². The summed E-state index contributed by atoms with van der Waals surface area (Å²) in [5, 5.41) is 0. The van der Waals surface area contributed by atoms with Crippen LogP contribution in [0.4, 0.5) is 5.69 Å². The van der Waals surface area contributed by atoms with E-state index in [-0.39, 0.29) is 11.8 Å². The third kappa shape index (κ3) is 2.93. The molecule has 0 N–H and O–H groups in total. The minimum atomic E-state index is -0.326. The van der Waals surface area contributed by atoms with Gasteiger partial charge in [0.05, 0.1) is 11.3 Å². The second-order valence-corrected chi connectivity index (χ2v) is 5.54. The highest BCUT2D eigenvalue weighted by Crippen LogP contribution is 2.37. The van der Waals surface area contributed by atoms with Crippen LogP contribution in [-0.2, 0) is 9.59 Å². The lowest BCUT2D eigenvalue weighted by Crippen LogP contribution is -2.33. The van der Waals surface area contributed by atoms with Gasteiger partial charge in [0.1, 0.15) is 6.29 Å². The molecule has 1 aromatic rings. The van der Waals surface area contributed by atoms with E-state index >= 15 is 0 Å². The second-order valence-electron chi connectivity index (χ2n) is 5.54. The average molecular weight is 300 g/mol. The lowest BCUT2D eigenvalue weighted by atomic mass is 10.1. The van der Waals surface area contributed by atoms with Crippen molar-refractivity contribution in [2.75, 3.05) is 19.0 Å². The van der Waals surface area contributed by atoms with Crippen LogP contribution in [0.15, 0.2) is 24.4 Å². The third-order valence-corrected chi connectivity index (χ3v) is 3.50. The van der Waals surface area contributed by atoms with Gasteiger partial charge in [-0.1, -0.05) is 13.3 Å². The van der Waals surface area contributed by atoms with E-state index in [4.69, 9.17) is 0 Å². The third-order valence-electron chi connectivity index (χ3n) is 3.50. The lowest BCUT2D eigenvalue weighted by Gasteiger charge is -2.15. The van der Waals surface area contributed by atoms with Gasteiger partial charge in [0.15, 0.2) is 0 Å². The maximum atomic E-state index is 12.6. The van der Waals surface area contributed by atoms with Crippen molar-refractivity contribution in [2.45, 2.75) is 26.2 Å². The molecule has 1 aliphatic heterocycles. The fourth-order valence-electron chi connectivity index (χ4n) is 2.45. The highest BCUT2D eigenvalue weighted by atomic mass is 16.2. The molecule has 0 radical (unpaired) electrons. The van der Waals surface area contributed by atoms with Gasteiger partial charge in [0.25, 0.3) is 5.91 Å². The number of hydrogen-bond acceptors (Lipinski definition) is 4. The Morgan fingerprint density at radius 2 is 2.05 bits per heavy atom. The van der Waals surface area contributed by atoms with Crippen LogP contribution in [0.1, 0.15) is 42.1 Å². The molecule has 116 valence electrons. The zero-order chi connectivity index (χ0) is 16.3. The van der Waals surface area contributed by atoms with E-state index in [0.29, 0.717) is 28.8 Å². The number of unbranched alkanes of at least 4 members (excludes halogenated alkanes) is 1. The minimum absolute atomic E-state index is 0.200. The summed E-state index contributed by atoms with van der Waals surface area (Å²) >= 11 is 0. The molecule has 1 aliphatic rings. The number of aldehydes is 1. The Kier molecular flexibility index (Phi) is 4.75. The Labute approximate surface area is 130 Å². The Hall–Kier alpha value is -2.43. The molecule has 0 saturated carbocycles. The molecule has 0 saturated heterocycles. The molecule has 2 amide bonds. The quantitative estimate of drug-likeness (QED) is 0.619. The molecule has 0 aliphatic carbocycles. The van der Waals surface area contributed by atoms with Crippen molar-refractivity contribution in [2.24, 2.45) is 0 Å². The van der Waals surface area contributed by atoms with E-state index < -0.39 is 0 Å². The van der Waals surface area contributed by atoms with E-state index in [1.54, 1.807) is 29.3 Å². The Balaban J connectivity index is 2.50. The standard InChI is InChI=1S/C17H20N2O3/c1-4-5-6-16(21)19-15-8-7-12(11-20)9-13(15)14(17(19)22)10-18(2)3/h7-11H,4-6H2,1-3H3/b14-10+. The fraction of sp³-hybridized carbons (Fsp3) is 0.353. The topological polar surface area (TPSA) is 57.7 Å². The monoisotopic (exact) mass is 300 g/mol. The van der Waals surface area contributed by atoms with Crippen LogP contribution in [-0.4, -0.2) is 37.1 Å². The van der Waals surface area contributed by atoms with Gasteiger partial charge in [-0.15, -0.1) is 0 Å². The van der Waals surface area contributed by atoms with Crippen molar-refractivity contribution in [3.8, 4) is 0 Å². The Morgan fingerprint density at radius 1 is 1.32 bits per heavy atom. The first-order chi connectivity index (χ1) is 10.5. The van der Waals surface area contributed by atoms with E-state index in [1.165, 1.54) is 4.90 Å². The number of carbonyl (C=O) groups excluding carboxylic acids is 3. The fourth-order valence-corrected chi connectivity index (χ4v) is 2.45. The van der Waals surface area contributed by atoms with Gasteiger partial charge in [-0.05, 0) is 24.6 Å². The molecule has 0 atom stereocenters. The van der Waals surface area contributed by atoms with E-state index in [0.717, 1.165) is 19.1 Å². The van der Waals surface area contributed by atoms with Crippen LogP contribution < -0.4 is 4.90 Å². The summed E-state index contributed by atoms with van der Waals surface area (Å²) in [5.41, 5.74) is 2.12. The van der Waals surface area contributed by atoms with Crippen molar-refractivity contribution in [3.63, 3.8) is 0 Å². The number of hydrogen-bond donors (Lipinski definition) is 0. The summed E-state index contributed by atoms with van der Waals surface area (Å²) in [5.74, 6) is -0.526. The number of anilines is 1. The highest BCUT2D eigenvalue weighted by Gasteiger charge is 2.36. The first kappa shape index (κ1) is 15.9. The van der Waals surface area contributed by atoms with Gasteiger partial charge in [-0.3, -0.25) is 14.4 Å². The number of imide groups is 1. The smallest absolute Gasteiger partial charge is 0.267 e. The van der Waals surface area contributed by atoms with Gasteiger partial charge in [0, 0.05) is 37.8 Å². The van der Waals surface area contributed by atoms with Crippen molar-refractivity contribution in [3.05, 3.63) is 35.5 Å². The molecule has 1 heterocycles. The summed E-state index contributed by atoms with van der Waals surface area (Å²) in [6.07, 6.45) is 4.40. The number of rotatable bonds is 5. The molecule has 1 aromatic carbocycles. The van der Waals surface area contributed by atoms with Crippen molar-refractivity contribution in [1.29, 1.82) is 0 Å². The van der Waals surface area contributed by atoms with Crippen LogP contribution in [0.25, 0.3) is 5.57 Å². The Morgan fingerprint density at radius 3 is 2.64 bits per heavy atom. The van der Waals surface area contributed by atoms with Gasteiger partial charge >= 0.3 is 0 Å². The maximum absolute atomic E-state index is 12.6. The number of fused-ring (bicyclic) bond motifs is 1. The van der Waals surface area contributed by atoms with Crippen LogP contribution in [0.3, 0.4) is 0 Å². The SMILES string of the molecule is CCCCC(=O)N1C(=O)/C(=C/N(C)C)c2cc(C=O)ccc21. The molecule has 0 fully saturated rings. The van der Waals surface area contributed by atoms with E-state index in [1.807, 2.05) is 21.0 Å². The summed E-state index contributed by atoms with van der Waals surface area (Å²) < 4.78 is 0. The average Bonchev–Trinajstić information content (AvgIpc) is 2.76. The predicted octanol–water partition coefficient (Wildman–Crippen LogP) is 2.47. The molecule has 5 nitrogen and oxygen atoms in total. The van der Waals surface area contributed by atoms with Crippen LogP contribution in [0, 0.1) is 0 Å². The number of benzene rings is 1. The molecule has 22 heavy (non-hydrogen) atoms. The van der Waals surface area contributed by atoms with Crippen molar-refractivity contribution in [1.82, 2.24) is 4.90 Å². The predicted molar refractivity (Wildman–Crippen MR) is 85.5 cm³/mol. The highest BCUT2D eigenvalue weighted by molar-refractivity contribution is 6.39. The maximum Gasteiger partial charge on any atom is 0.267 e. The summed E-state index contributed by atoms with van der Waals surface area (Å²) in [6.45, 7) is 2.00. The Bertz CT molecular complexity index is 647. The molecule has 2 rings (SSSR count). The van der Waals surface area contributed by atoms with E-state index in [9.17, 15) is 14.4 Å². The van der Waals surface area contributed by atoms with Crippen LogP contribution in [0.5, 0.6) is 0 Å². The zero-order valence-electron chi connectivity index (χ0n) is 13.1. The van der Waals surface area contributed by atoms with Gasteiger partial charge in [0.2, 0.25) is 5.91 Å². The lowest BCUT2D eigenvalue weighted by molar-refractivity contribution is -0.123. The van der Waals surface area contributed by atoms with Gasteiger partial charge in [-0.2, -0.15) is 0 Å².